The summed E-state index contributed by atoms with van der Waals surface area (Å²) in [5.74, 6) is 0.296. The SMILES string of the molecule is CC(C)[C@@H](CN)NC(=O)OCc1ccccc1. The zero-order chi connectivity index (χ0) is 12.7. The van der Waals surface area contributed by atoms with Crippen molar-refractivity contribution < 1.29 is 9.53 Å². The molecule has 3 N–H and O–H groups in total. The summed E-state index contributed by atoms with van der Waals surface area (Å²) < 4.78 is 5.10. The van der Waals surface area contributed by atoms with Gasteiger partial charge in [0, 0.05) is 12.6 Å². The van der Waals surface area contributed by atoms with E-state index in [1.54, 1.807) is 0 Å². The van der Waals surface area contributed by atoms with Crippen molar-refractivity contribution >= 4 is 6.09 Å². The van der Waals surface area contributed by atoms with Crippen LogP contribution >= 0.6 is 0 Å². The van der Waals surface area contributed by atoms with Gasteiger partial charge in [0.25, 0.3) is 0 Å². The Balaban J connectivity index is 2.35. The molecule has 0 aliphatic rings. The van der Waals surface area contributed by atoms with Crippen LogP contribution in [0.25, 0.3) is 0 Å². The number of benzene rings is 1. The lowest BCUT2D eigenvalue weighted by molar-refractivity contribution is 0.133. The van der Waals surface area contributed by atoms with Crippen molar-refractivity contribution in [2.24, 2.45) is 11.7 Å². The van der Waals surface area contributed by atoms with Gasteiger partial charge in [-0.15, -0.1) is 0 Å². The number of carbonyl (C=O) groups is 1. The van der Waals surface area contributed by atoms with E-state index in [1.165, 1.54) is 0 Å². The van der Waals surface area contributed by atoms with Crippen molar-refractivity contribution in [2.75, 3.05) is 6.54 Å². The highest BCUT2D eigenvalue weighted by Crippen LogP contribution is 2.03. The third-order valence-electron chi connectivity index (χ3n) is 2.57. The first-order chi connectivity index (χ1) is 8.13. The minimum atomic E-state index is -0.419. The molecule has 0 unspecified atom stereocenters. The maximum absolute atomic E-state index is 11.5. The minimum Gasteiger partial charge on any atom is -0.445 e. The van der Waals surface area contributed by atoms with Crippen LogP contribution in [0.15, 0.2) is 30.3 Å². The average Bonchev–Trinajstić information content (AvgIpc) is 2.34. The molecule has 17 heavy (non-hydrogen) atoms. The number of carbonyl (C=O) groups excluding carboxylic acids is 1. The molecule has 0 aromatic heterocycles. The van der Waals surface area contributed by atoms with Gasteiger partial charge in [-0.2, -0.15) is 0 Å². The number of amides is 1. The lowest BCUT2D eigenvalue weighted by atomic mass is 10.1. The highest BCUT2D eigenvalue weighted by molar-refractivity contribution is 5.67. The fourth-order valence-corrected chi connectivity index (χ4v) is 1.41. The van der Waals surface area contributed by atoms with Crippen molar-refractivity contribution in [2.45, 2.75) is 26.5 Å². The highest BCUT2D eigenvalue weighted by Gasteiger charge is 2.14. The van der Waals surface area contributed by atoms with Crippen molar-refractivity contribution in [3.8, 4) is 0 Å². The summed E-state index contributed by atoms with van der Waals surface area (Å²) in [6, 6.07) is 9.53. The molecule has 0 aliphatic carbocycles. The van der Waals surface area contributed by atoms with Crippen LogP contribution in [0.1, 0.15) is 19.4 Å². The van der Waals surface area contributed by atoms with E-state index in [2.05, 4.69) is 5.32 Å². The standard InChI is InChI=1S/C13H20N2O2/c1-10(2)12(8-14)15-13(16)17-9-11-6-4-3-5-7-11/h3-7,10,12H,8-9,14H2,1-2H3,(H,15,16)/t12-/m1/s1. The Kier molecular flexibility index (Phi) is 5.49. The number of hydrogen-bond acceptors (Lipinski definition) is 3. The number of nitrogens with two attached hydrogens (primary N) is 1. The molecule has 0 spiro atoms. The van der Waals surface area contributed by atoms with Crippen LogP contribution in [-0.4, -0.2) is 18.7 Å². The van der Waals surface area contributed by atoms with E-state index >= 15 is 0 Å². The van der Waals surface area contributed by atoms with Crippen LogP contribution in [0.4, 0.5) is 4.79 Å². The Morgan fingerprint density at radius 1 is 1.35 bits per heavy atom. The fourth-order valence-electron chi connectivity index (χ4n) is 1.41. The molecule has 1 amide bonds. The summed E-state index contributed by atoms with van der Waals surface area (Å²) in [5, 5.41) is 2.75. The summed E-state index contributed by atoms with van der Waals surface area (Å²) in [6.45, 7) is 4.71. The zero-order valence-corrected chi connectivity index (χ0v) is 10.3. The van der Waals surface area contributed by atoms with Gasteiger partial charge >= 0.3 is 6.09 Å². The second kappa shape index (κ2) is 6.91. The molecule has 0 bridgehead atoms. The van der Waals surface area contributed by atoms with Crippen molar-refractivity contribution in [1.82, 2.24) is 5.32 Å². The number of nitrogens with one attached hydrogen (secondary N) is 1. The molecule has 94 valence electrons. The minimum absolute atomic E-state index is 0.0433. The normalized spacial score (nSPS) is 12.2. The molecule has 0 radical (unpaired) electrons. The Bertz CT molecular complexity index is 339. The molecule has 0 heterocycles. The lowest BCUT2D eigenvalue weighted by Gasteiger charge is -2.20. The molecule has 1 aromatic carbocycles. The van der Waals surface area contributed by atoms with E-state index in [1.807, 2.05) is 44.2 Å². The molecular weight excluding hydrogens is 216 g/mol. The summed E-state index contributed by atoms with van der Waals surface area (Å²) in [7, 11) is 0. The lowest BCUT2D eigenvalue weighted by Crippen LogP contribution is -2.43. The first-order valence-corrected chi connectivity index (χ1v) is 5.80. The van der Waals surface area contributed by atoms with Gasteiger partial charge in [0.2, 0.25) is 0 Å². The van der Waals surface area contributed by atoms with Crippen LogP contribution < -0.4 is 11.1 Å². The molecule has 1 rings (SSSR count). The first kappa shape index (κ1) is 13.5. The van der Waals surface area contributed by atoms with Gasteiger partial charge in [0.05, 0.1) is 0 Å². The molecular formula is C13H20N2O2. The van der Waals surface area contributed by atoms with Crippen molar-refractivity contribution in [3.63, 3.8) is 0 Å². The summed E-state index contributed by atoms with van der Waals surface area (Å²) in [4.78, 5) is 11.5. The largest absolute Gasteiger partial charge is 0.445 e. The predicted molar refractivity (Wildman–Crippen MR) is 67.4 cm³/mol. The Morgan fingerprint density at radius 3 is 2.53 bits per heavy atom. The Morgan fingerprint density at radius 2 is 2.00 bits per heavy atom. The third kappa shape index (κ3) is 4.87. The van der Waals surface area contributed by atoms with E-state index in [0.29, 0.717) is 12.5 Å². The molecule has 0 aliphatic heterocycles. The molecule has 0 saturated carbocycles. The second-order valence-electron chi connectivity index (χ2n) is 4.29. The predicted octanol–water partition coefficient (Wildman–Crippen LogP) is 1.90. The van der Waals surface area contributed by atoms with E-state index in [0.717, 1.165) is 5.56 Å². The van der Waals surface area contributed by atoms with Crippen LogP contribution in [0, 0.1) is 5.92 Å². The summed E-state index contributed by atoms with van der Waals surface area (Å²) in [6.07, 6.45) is -0.419. The van der Waals surface area contributed by atoms with Gasteiger partial charge in [-0.05, 0) is 11.5 Å². The molecule has 0 saturated heterocycles. The summed E-state index contributed by atoms with van der Waals surface area (Å²) in [5.41, 5.74) is 6.53. The summed E-state index contributed by atoms with van der Waals surface area (Å²) >= 11 is 0. The van der Waals surface area contributed by atoms with Gasteiger partial charge in [-0.25, -0.2) is 4.79 Å². The molecule has 0 fully saturated rings. The number of rotatable bonds is 5. The van der Waals surface area contributed by atoms with Crippen LogP contribution in [0.5, 0.6) is 0 Å². The smallest absolute Gasteiger partial charge is 0.407 e. The molecule has 4 heteroatoms. The van der Waals surface area contributed by atoms with E-state index in [9.17, 15) is 4.79 Å². The first-order valence-electron chi connectivity index (χ1n) is 5.80. The maximum atomic E-state index is 11.5. The monoisotopic (exact) mass is 236 g/mol. The van der Waals surface area contributed by atoms with Gasteiger partial charge < -0.3 is 15.8 Å². The third-order valence-corrected chi connectivity index (χ3v) is 2.57. The van der Waals surface area contributed by atoms with Crippen molar-refractivity contribution in [3.05, 3.63) is 35.9 Å². The molecule has 1 aromatic rings. The number of alkyl carbamates (subject to hydrolysis) is 1. The average molecular weight is 236 g/mol. The van der Waals surface area contributed by atoms with E-state index in [4.69, 9.17) is 10.5 Å². The van der Waals surface area contributed by atoms with Crippen LogP contribution in [0.3, 0.4) is 0 Å². The Hall–Kier alpha value is -1.55. The zero-order valence-electron chi connectivity index (χ0n) is 10.3. The van der Waals surface area contributed by atoms with Gasteiger partial charge in [-0.3, -0.25) is 0 Å². The van der Waals surface area contributed by atoms with Gasteiger partial charge in [-0.1, -0.05) is 44.2 Å². The Labute approximate surface area is 102 Å². The van der Waals surface area contributed by atoms with E-state index < -0.39 is 6.09 Å². The fraction of sp³-hybridized carbons (Fsp3) is 0.462. The maximum Gasteiger partial charge on any atom is 0.407 e. The molecule has 4 nitrogen and oxygen atoms in total. The van der Waals surface area contributed by atoms with Crippen LogP contribution in [-0.2, 0) is 11.3 Å². The number of ether oxygens (including phenoxy) is 1. The molecule has 1 atom stereocenters. The second-order valence-corrected chi connectivity index (χ2v) is 4.29. The topological polar surface area (TPSA) is 64.3 Å². The number of hydrogen-bond donors (Lipinski definition) is 2. The van der Waals surface area contributed by atoms with Crippen LogP contribution in [0.2, 0.25) is 0 Å². The van der Waals surface area contributed by atoms with Gasteiger partial charge in [0.1, 0.15) is 6.61 Å². The van der Waals surface area contributed by atoms with E-state index in [-0.39, 0.29) is 12.6 Å². The van der Waals surface area contributed by atoms with Crippen molar-refractivity contribution in [1.29, 1.82) is 0 Å². The van der Waals surface area contributed by atoms with Gasteiger partial charge in [0.15, 0.2) is 0 Å². The quantitative estimate of drug-likeness (QED) is 0.820. The highest BCUT2D eigenvalue weighted by atomic mass is 16.5.